The van der Waals surface area contributed by atoms with Gasteiger partial charge in [-0.05, 0) is 25.1 Å². The Hall–Kier alpha value is -3.14. The van der Waals surface area contributed by atoms with Gasteiger partial charge in [-0.15, -0.1) is 0 Å². The highest BCUT2D eigenvalue weighted by Gasteiger charge is 2.13. The summed E-state index contributed by atoms with van der Waals surface area (Å²) >= 11 is 0. The van der Waals surface area contributed by atoms with Gasteiger partial charge in [-0.3, -0.25) is 4.79 Å². The van der Waals surface area contributed by atoms with Crippen molar-refractivity contribution in [3.63, 3.8) is 0 Å². The first kappa shape index (κ1) is 12.9. The second-order valence-electron chi connectivity index (χ2n) is 4.27. The van der Waals surface area contributed by atoms with Gasteiger partial charge in [-0.1, -0.05) is 0 Å². The lowest BCUT2D eigenvalue weighted by atomic mass is 10.1. The molecule has 1 aromatic carbocycles. The van der Waals surface area contributed by atoms with Gasteiger partial charge in [0.1, 0.15) is 11.6 Å². The molecule has 7 heteroatoms. The molecule has 2 N–H and O–H groups in total. The molecule has 0 atom stereocenters. The molecule has 2 heterocycles. The first-order valence-electron chi connectivity index (χ1n) is 6.33. The SMILES string of the molecule is CCOc1cc(C#N)ccc1-c1nc2[nH]cnc2c(=O)[nH]1. The Bertz CT molecular complexity index is 904. The van der Waals surface area contributed by atoms with Crippen molar-refractivity contribution < 1.29 is 4.74 Å². The lowest BCUT2D eigenvalue weighted by molar-refractivity contribution is 0.341. The summed E-state index contributed by atoms with van der Waals surface area (Å²) in [6, 6.07) is 7.02. The van der Waals surface area contributed by atoms with E-state index in [2.05, 4.69) is 26.0 Å². The number of aromatic nitrogens is 4. The quantitative estimate of drug-likeness (QED) is 0.757. The van der Waals surface area contributed by atoms with Crippen LogP contribution in [0.3, 0.4) is 0 Å². The van der Waals surface area contributed by atoms with E-state index < -0.39 is 0 Å². The predicted octanol–water partition coefficient (Wildman–Crippen LogP) is 1.58. The van der Waals surface area contributed by atoms with Crippen LogP contribution in [0.4, 0.5) is 0 Å². The van der Waals surface area contributed by atoms with Crippen molar-refractivity contribution in [3.8, 4) is 23.2 Å². The fraction of sp³-hybridized carbons (Fsp3) is 0.143. The Morgan fingerprint density at radius 2 is 2.29 bits per heavy atom. The fourth-order valence-corrected chi connectivity index (χ4v) is 2.04. The first-order chi connectivity index (χ1) is 10.2. The van der Waals surface area contributed by atoms with Crippen molar-refractivity contribution in [2.24, 2.45) is 0 Å². The minimum Gasteiger partial charge on any atom is -0.493 e. The van der Waals surface area contributed by atoms with Crippen LogP contribution in [-0.2, 0) is 0 Å². The number of H-pyrrole nitrogens is 2. The fourth-order valence-electron chi connectivity index (χ4n) is 2.04. The Balaban J connectivity index is 2.22. The van der Waals surface area contributed by atoms with Gasteiger partial charge < -0.3 is 14.7 Å². The molecule has 21 heavy (non-hydrogen) atoms. The minimum atomic E-state index is -0.331. The molecule has 0 saturated carbocycles. The second-order valence-corrected chi connectivity index (χ2v) is 4.27. The van der Waals surface area contributed by atoms with Gasteiger partial charge in [-0.25, -0.2) is 9.97 Å². The number of nitrogens with one attached hydrogen (secondary N) is 2. The van der Waals surface area contributed by atoms with Gasteiger partial charge in [-0.2, -0.15) is 5.26 Å². The third-order valence-electron chi connectivity index (χ3n) is 2.96. The summed E-state index contributed by atoms with van der Waals surface area (Å²) in [6.07, 6.45) is 1.42. The molecule has 0 saturated heterocycles. The summed E-state index contributed by atoms with van der Waals surface area (Å²) < 4.78 is 5.53. The van der Waals surface area contributed by atoms with E-state index in [1.54, 1.807) is 18.2 Å². The molecule has 0 aliphatic carbocycles. The molecule has 2 aromatic heterocycles. The van der Waals surface area contributed by atoms with Crippen LogP contribution in [0.2, 0.25) is 0 Å². The van der Waals surface area contributed by atoms with E-state index in [1.807, 2.05) is 6.92 Å². The Morgan fingerprint density at radius 1 is 1.43 bits per heavy atom. The van der Waals surface area contributed by atoms with E-state index in [0.717, 1.165) is 0 Å². The summed E-state index contributed by atoms with van der Waals surface area (Å²) in [6.45, 7) is 2.29. The van der Waals surface area contributed by atoms with Crippen molar-refractivity contribution in [2.45, 2.75) is 6.92 Å². The number of ether oxygens (including phenoxy) is 1. The van der Waals surface area contributed by atoms with Crippen LogP contribution in [0, 0.1) is 11.3 Å². The largest absolute Gasteiger partial charge is 0.493 e. The first-order valence-corrected chi connectivity index (χ1v) is 6.33. The molecular weight excluding hydrogens is 270 g/mol. The lowest BCUT2D eigenvalue weighted by Gasteiger charge is -2.09. The third-order valence-corrected chi connectivity index (χ3v) is 2.96. The maximum Gasteiger partial charge on any atom is 0.279 e. The van der Waals surface area contributed by atoms with Gasteiger partial charge in [0.15, 0.2) is 11.2 Å². The summed E-state index contributed by atoms with van der Waals surface area (Å²) in [4.78, 5) is 25.7. The molecule has 0 spiro atoms. The Kier molecular flexibility index (Phi) is 3.12. The number of fused-ring (bicyclic) bond motifs is 1. The van der Waals surface area contributed by atoms with E-state index in [0.29, 0.717) is 35.0 Å². The normalized spacial score (nSPS) is 10.5. The Labute approximate surface area is 119 Å². The number of imidazole rings is 1. The number of nitrogens with zero attached hydrogens (tertiary/aromatic N) is 3. The van der Waals surface area contributed by atoms with E-state index in [1.165, 1.54) is 6.33 Å². The van der Waals surface area contributed by atoms with E-state index in [4.69, 9.17) is 10.00 Å². The smallest absolute Gasteiger partial charge is 0.279 e. The predicted molar refractivity (Wildman–Crippen MR) is 75.8 cm³/mol. The number of hydrogen-bond donors (Lipinski definition) is 2. The zero-order valence-corrected chi connectivity index (χ0v) is 11.2. The van der Waals surface area contributed by atoms with Gasteiger partial charge in [0, 0.05) is 0 Å². The summed E-state index contributed by atoms with van der Waals surface area (Å²) in [5.41, 5.74) is 1.42. The average Bonchev–Trinajstić information content (AvgIpc) is 2.96. The van der Waals surface area contributed by atoms with Crippen LogP contribution in [0.5, 0.6) is 5.75 Å². The van der Waals surface area contributed by atoms with Gasteiger partial charge in [0.25, 0.3) is 5.56 Å². The lowest BCUT2D eigenvalue weighted by Crippen LogP contribution is -2.10. The topological polar surface area (TPSA) is 107 Å². The highest BCUT2D eigenvalue weighted by Crippen LogP contribution is 2.28. The molecule has 0 unspecified atom stereocenters. The minimum absolute atomic E-state index is 0.255. The maximum absolute atomic E-state index is 12.0. The second kappa shape index (κ2) is 5.09. The summed E-state index contributed by atoms with van der Waals surface area (Å²) in [5.74, 6) is 0.864. The number of hydrogen-bond acceptors (Lipinski definition) is 5. The monoisotopic (exact) mass is 281 g/mol. The van der Waals surface area contributed by atoms with Crippen molar-refractivity contribution >= 4 is 11.2 Å². The molecule has 0 amide bonds. The number of benzene rings is 1. The molecule has 0 aliphatic rings. The molecule has 7 nitrogen and oxygen atoms in total. The van der Waals surface area contributed by atoms with Gasteiger partial charge in [0.2, 0.25) is 0 Å². The molecule has 0 aliphatic heterocycles. The van der Waals surface area contributed by atoms with Gasteiger partial charge in [0.05, 0.1) is 30.1 Å². The van der Waals surface area contributed by atoms with Crippen molar-refractivity contribution in [1.29, 1.82) is 5.26 Å². The standard InChI is InChI=1S/C14H11N5O2/c1-2-21-10-5-8(6-15)3-4-9(10)12-18-13-11(14(20)19-12)16-7-17-13/h3-5,7H,2H2,1H3,(H2,16,17,18,19,20). The number of nitriles is 1. The molecule has 0 bridgehead atoms. The maximum atomic E-state index is 12.0. The van der Waals surface area contributed by atoms with Crippen LogP contribution < -0.4 is 10.3 Å². The molecule has 0 fully saturated rings. The van der Waals surface area contributed by atoms with Crippen LogP contribution in [0.1, 0.15) is 12.5 Å². The zero-order valence-electron chi connectivity index (χ0n) is 11.2. The van der Waals surface area contributed by atoms with Crippen LogP contribution in [0.25, 0.3) is 22.6 Å². The van der Waals surface area contributed by atoms with Crippen LogP contribution in [-0.4, -0.2) is 26.5 Å². The van der Waals surface area contributed by atoms with Crippen molar-refractivity contribution in [3.05, 3.63) is 40.4 Å². The molecule has 3 aromatic rings. The average molecular weight is 281 g/mol. The van der Waals surface area contributed by atoms with E-state index >= 15 is 0 Å². The molecular formula is C14H11N5O2. The molecule has 104 valence electrons. The van der Waals surface area contributed by atoms with Gasteiger partial charge >= 0.3 is 0 Å². The zero-order chi connectivity index (χ0) is 14.8. The van der Waals surface area contributed by atoms with Crippen LogP contribution in [0.15, 0.2) is 29.3 Å². The third kappa shape index (κ3) is 2.23. The Morgan fingerprint density at radius 3 is 3.05 bits per heavy atom. The van der Waals surface area contributed by atoms with Crippen molar-refractivity contribution in [1.82, 2.24) is 19.9 Å². The van der Waals surface area contributed by atoms with E-state index in [-0.39, 0.29) is 11.1 Å². The molecule has 3 rings (SSSR count). The number of rotatable bonds is 3. The van der Waals surface area contributed by atoms with E-state index in [9.17, 15) is 4.79 Å². The van der Waals surface area contributed by atoms with Crippen molar-refractivity contribution in [2.75, 3.05) is 6.61 Å². The summed E-state index contributed by atoms with van der Waals surface area (Å²) in [7, 11) is 0. The van der Waals surface area contributed by atoms with Crippen LogP contribution >= 0.6 is 0 Å². The highest BCUT2D eigenvalue weighted by atomic mass is 16.5. The highest BCUT2D eigenvalue weighted by molar-refractivity contribution is 5.74. The number of aromatic amines is 2. The summed E-state index contributed by atoms with van der Waals surface area (Å²) in [5, 5.41) is 8.96. The molecule has 0 radical (unpaired) electrons.